The summed E-state index contributed by atoms with van der Waals surface area (Å²) in [4.78, 5) is 36.1. The monoisotopic (exact) mass is 463 g/mol. The first-order valence-corrected chi connectivity index (χ1v) is 9.07. The second-order valence-corrected chi connectivity index (χ2v) is 6.94. The van der Waals surface area contributed by atoms with Gasteiger partial charge in [0.05, 0.1) is 13.2 Å². The maximum Gasteiger partial charge on any atom is 0.325 e. The highest BCUT2D eigenvalue weighted by Crippen LogP contribution is 2.35. The molecule has 0 aromatic carbocycles. The number of rotatable bonds is 10. The van der Waals surface area contributed by atoms with E-state index in [0.717, 1.165) is 0 Å². The zero-order chi connectivity index (χ0) is 23.2. The molecule has 174 valence electrons. The fraction of sp³-hybridized carbons (Fsp3) is 0.800. The Balaban J connectivity index is 2.75. The molecule has 0 saturated carbocycles. The van der Waals surface area contributed by atoms with Crippen molar-refractivity contribution in [1.29, 1.82) is 0 Å². The maximum absolute atomic E-state index is 14.6. The molecule has 0 aromatic rings. The van der Waals surface area contributed by atoms with Crippen molar-refractivity contribution in [3.05, 3.63) is 0 Å². The van der Waals surface area contributed by atoms with E-state index in [1.807, 2.05) is 10.6 Å². The average Bonchev–Trinajstić information content (AvgIpc) is 2.68. The van der Waals surface area contributed by atoms with Gasteiger partial charge in [0, 0.05) is 6.42 Å². The number of aliphatic hydroxyl groups is 4. The van der Waals surface area contributed by atoms with Crippen molar-refractivity contribution < 1.29 is 53.4 Å². The molecule has 1 heterocycles. The van der Waals surface area contributed by atoms with Crippen LogP contribution in [-0.4, -0.2) is 105 Å². The van der Waals surface area contributed by atoms with Gasteiger partial charge in [-0.1, -0.05) is 0 Å². The van der Waals surface area contributed by atoms with Crippen molar-refractivity contribution in [3.8, 4) is 0 Å². The van der Waals surface area contributed by atoms with Crippen molar-refractivity contribution in [1.82, 2.24) is 15.5 Å². The minimum absolute atomic E-state index is 0.725. The third kappa shape index (κ3) is 6.66. The molecule has 30 heavy (non-hydrogen) atoms. The number of hydrogen-bond acceptors (Lipinski definition) is 9. The molecule has 1 fully saturated rings. The third-order valence-electron chi connectivity index (χ3n) is 4.40. The van der Waals surface area contributed by atoms with Crippen LogP contribution < -0.4 is 15.5 Å². The van der Waals surface area contributed by atoms with Crippen molar-refractivity contribution in [2.24, 2.45) is 0 Å². The quantitative estimate of drug-likeness (QED) is 0.152. The smallest absolute Gasteiger partial charge is 0.325 e. The van der Waals surface area contributed by atoms with E-state index in [2.05, 4.69) is 0 Å². The summed E-state index contributed by atoms with van der Waals surface area (Å²) in [5.74, 6) is -7.34. The van der Waals surface area contributed by atoms with Gasteiger partial charge in [0.15, 0.2) is 0 Å². The highest BCUT2D eigenvalue weighted by molar-refractivity contribution is 6.15. The molecular weight excluding hydrogens is 440 g/mol. The molecule has 0 radical (unpaired) electrons. The SMILES string of the molecule is C[C@H](NC(=O)CNC(=O)C(CC(F)(F)[C@@H]1O[C@H](CO)[C@H](O)[C@H](O)[C@H]1O)NCl)C(=O)O. The standard InChI is InChI=1S/C15H24ClF2N3O9/c1-5(14(28)29)20-8(23)3-19-13(27)6(21-16)2-15(17,18)12-11(26)10(25)9(24)7(4-22)30-12/h5-7,9-12,21-22,24-26H,2-4H2,1H3,(H,19,27)(H,20,23)(H,28,29)/t5-,6?,7+,9-,10-,11+,12+/m0/s1. The van der Waals surface area contributed by atoms with Gasteiger partial charge in [-0.3, -0.25) is 14.4 Å². The lowest BCUT2D eigenvalue weighted by molar-refractivity contribution is -0.282. The van der Waals surface area contributed by atoms with Crippen molar-refractivity contribution in [2.75, 3.05) is 13.2 Å². The number of amides is 2. The number of carbonyl (C=O) groups excluding carboxylic acids is 2. The van der Waals surface area contributed by atoms with Crippen LogP contribution in [0.1, 0.15) is 13.3 Å². The largest absolute Gasteiger partial charge is 0.480 e. The van der Waals surface area contributed by atoms with Crippen LogP contribution in [-0.2, 0) is 19.1 Å². The number of aliphatic carboxylic acids is 1. The summed E-state index contributed by atoms with van der Waals surface area (Å²) in [6.45, 7) is -0.470. The molecule has 7 atom stereocenters. The van der Waals surface area contributed by atoms with E-state index in [1.165, 1.54) is 6.92 Å². The van der Waals surface area contributed by atoms with Gasteiger partial charge in [-0.05, 0) is 18.7 Å². The molecule has 1 rings (SSSR count). The Hall–Kier alpha value is -1.68. The Bertz CT molecular complexity index is 628. The molecule has 15 heteroatoms. The molecule has 12 nitrogen and oxygen atoms in total. The summed E-state index contributed by atoms with van der Waals surface area (Å²) in [6, 6.07) is -3.04. The Labute approximate surface area is 174 Å². The fourth-order valence-electron chi connectivity index (χ4n) is 2.66. The minimum Gasteiger partial charge on any atom is -0.480 e. The summed E-state index contributed by atoms with van der Waals surface area (Å²) in [6.07, 6.45) is -11.4. The number of carboxylic acids is 1. The van der Waals surface area contributed by atoms with Gasteiger partial charge in [0.25, 0.3) is 5.92 Å². The van der Waals surface area contributed by atoms with Crippen LogP contribution >= 0.6 is 11.8 Å². The molecule has 0 spiro atoms. The number of nitrogens with one attached hydrogen (secondary N) is 3. The molecule has 0 aromatic heterocycles. The van der Waals surface area contributed by atoms with Crippen molar-refractivity contribution in [2.45, 2.75) is 61.9 Å². The van der Waals surface area contributed by atoms with Crippen LogP contribution in [0.15, 0.2) is 0 Å². The minimum atomic E-state index is -3.97. The van der Waals surface area contributed by atoms with E-state index in [1.54, 1.807) is 4.84 Å². The zero-order valence-corrected chi connectivity index (χ0v) is 16.4. The highest BCUT2D eigenvalue weighted by Gasteiger charge is 2.55. The zero-order valence-electron chi connectivity index (χ0n) is 15.7. The highest BCUT2D eigenvalue weighted by atomic mass is 35.5. The van der Waals surface area contributed by atoms with Crippen LogP contribution in [0.5, 0.6) is 0 Å². The van der Waals surface area contributed by atoms with E-state index < -0.39 is 85.9 Å². The second-order valence-electron chi connectivity index (χ2n) is 6.72. The Morgan fingerprint density at radius 3 is 2.27 bits per heavy atom. The number of halogens is 3. The van der Waals surface area contributed by atoms with Gasteiger partial charge in [-0.25, -0.2) is 13.6 Å². The lowest BCUT2D eigenvalue weighted by Crippen LogP contribution is -2.64. The van der Waals surface area contributed by atoms with Gasteiger partial charge in [0.2, 0.25) is 11.8 Å². The van der Waals surface area contributed by atoms with Crippen LogP contribution in [0.3, 0.4) is 0 Å². The normalized spacial score (nSPS) is 29.0. The van der Waals surface area contributed by atoms with Gasteiger partial charge < -0.3 is 40.9 Å². The fourth-order valence-corrected chi connectivity index (χ4v) is 2.84. The number of ether oxygens (including phenoxy) is 1. The Kier molecular flexibility index (Phi) is 9.74. The van der Waals surface area contributed by atoms with Crippen LogP contribution in [0, 0.1) is 0 Å². The number of hydrogen-bond donors (Lipinski definition) is 8. The van der Waals surface area contributed by atoms with E-state index in [0.29, 0.717) is 0 Å². The van der Waals surface area contributed by atoms with Gasteiger partial charge in [-0.15, -0.1) is 0 Å². The summed E-state index contributed by atoms with van der Waals surface area (Å²) >= 11 is 5.34. The summed E-state index contributed by atoms with van der Waals surface area (Å²) in [7, 11) is 0. The topological polar surface area (TPSA) is 198 Å². The lowest BCUT2D eigenvalue weighted by Gasteiger charge is -2.43. The maximum atomic E-state index is 14.6. The molecule has 1 aliphatic heterocycles. The number of aliphatic hydroxyl groups excluding tert-OH is 4. The first-order chi connectivity index (χ1) is 13.8. The van der Waals surface area contributed by atoms with E-state index >= 15 is 0 Å². The Morgan fingerprint density at radius 1 is 1.17 bits per heavy atom. The molecular formula is C15H24ClF2N3O9. The lowest BCUT2D eigenvalue weighted by atomic mass is 9.89. The first kappa shape index (κ1) is 26.4. The van der Waals surface area contributed by atoms with E-state index in [4.69, 9.17) is 26.7 Å². The van der Waals surface area contributed by atoms with Crippen molar-refractivity contribution >= 4 is 29.6 Å². The summed E-state index contributed by atoms with van der Waals surface area (Å²) in [5.41, 5.74) is 0. The van der Waals surface area contributed by atoms with Gasteiger partial charge in [0.1, 0.15) is 42.6 Å². The molecule has 2 amide bonds. The predicted molar refractivity (Wildman–Crippen MR) is 94.4 cm³/mol. The van der Waals surface area contributed by atoms with Crippen LogP contribution in [0.4, 0.5) is 8.78 Å². The van der Waals surface area contributed by atoms with E-state index in [-0.39, 0.29) is 0 Å². The molecule has 1 unspecified atom stereocenters. The van der Waals surface area contributed by atoms with Crippen molar-refractivity contribution in [3.63, 3.8) is 0 Å². The number of alkyl halides is 2. The number of carboxylic acid groups (broad SMARTS) is 1. The second kappa shape index (κ2) is 11.1. The summed E-state index contributed by atoms with van der Waals surface area (Å²) < 4.78 is 34.1. The molecule has 0 bridgehead atoms. The van der Waals surface area contributed by atoms with Gasteiger partial charge >= 0.3 is 5.97 Å². The molecule has 8 N–H and O–H groups in total. The van der Waals surface area contributed by atoms with Crippen LogP contribution in [0.2, 0.25) is 0 Å². The third-order valence-corrected chi connectivity index (χ3v) is 4.67. The summed E-state index contributed by atoms with van der Waals surface area (Å²) in [5, 5.41) is 51.0. The van der Waals surface area contributed by atoms with E-state index in [9.17, 15) is 38.5 Å². The Morgan fingerprint density at radius 2 is 1.77 bits per heavy atom. The molecule has 0 aliphatic carbocycles. The molecule has 1 aliphatic rings. The van der Waals surface area contributed by atoms with Crippen LogP contribution in [0.25, 0.3) is 0 Å². The predicted octanol–water partition coefficient (Wildman–Crippen LogP) is -3.33. The first-order valence-electron chi connectivity index (χ1n) is 8.70. The van der Waals surface area contributed by atoms with Gasteiger partial charge in [-0.2, -0.15) is 0 Å². The number of carbonyl (C=O) groups is 3. The average molecular weight is 464 g/mol. The molecule has 1 saturated heterocycles.